The highest BCUT2D eigenvalue weighted by molar-refractivity contribution is 7.58. The van der Waals surface area contributed by atoms with Gasteiger partial charge in [-0.2, -0.15) is 0 Å². The van der Waals surface area contributed by atoms with Gasteiger partial charge in [0.2, 0.25) is 0 Å². The maximum atomic E-state index is 11.4. The summed E-state index contributed by atoms with van der Waals surface area (Å²) in [7, 11) is -10.8. The van der Waals surface area contributed by atoms with Crippen LogP contribution in [-0.4, -0.2) is 6.61 Å². The van der Waals surface area contributed by atoms with Gasteiger partial charge < -0.3 is 23.8 Å². The Kier molecular flexibility index (Phi) is 62.9. The van der Waals surface area contributed by atoms with Gasteiger partial charge in [0.25, 0.3) is 7.82 Å². The molecule has 2 atom stereocenters. The smallest absolute Gasteiger partial charge is 0.271 e. The Balaban J connectivity index is 4.36. The molecule has 0 saturated heterocycles. The molecule has 7 nitrogen and oxygen atoms in total. The summed E-state index contributed by atoms with van der Waals surface area (Å²) in [6.07, 6.45) is 89.2. The Morgan fingerprint density at radius 3 is 0.505 bits per heavy atom. The van der Waals surface area contributed by atoms with E-state index in [-0.39, 0.29) is 12.5 Å². The third-order valence-corrected chi connectivity index (χ3v) is 22.9. The van der Waals surface area contributed by atoms with Crippen LogP contribution in [0.25, 0.3) is 0 Å². The second-order valence-corrected chi connectivity index (χ2v) is 35.9. The second kappa shape index (κ2) is 65.7. The van der Waals surface area contributed by atoms with E-state index in [0.717, 1.165) is 212 Å². The molecule has 618 valence electrons. The largest absolute Gasteiger partial charge is 0.790 e. The lowest BCUT2D eigenvalue weighted by atomic mass is 10.0. The SMILES string of the molecule is CC(C)=CCC/C(C)=C/CC/C(C)=C/CC/C(C)=C\CC/C(C)=C\CC/C(C)=C\CC/C(C)=C\CC/C(C)=C\CC/C(C)=C\CC/C(C)=C\CC/C(C)=C\CC/C(C)=C\CC/C(C)=C\CC/C(C)=C\CC/C(C)=C\CC/C(C)=C\CC/C(C)=C\CC/C(C)=C\CC/C(C)=C\CCC(C)CCOP(=O)([O-])OP(=O)([O-])[O-]. The van der Waals surface area contributed by atoms with E-state index < -0.39 is 15.6 Å². The summed E-state index contributed by atoms with van der Waals surface area (Å²) in [6.45, 7) is 47.3. The normalized spacial score (nSPS) is 16.0. The maximum Gasteiger partial charge on any atom is 0.271 e. The Morgan fingerprint density at radius 1 is 0.229 bits per heavy atom. The predicted molar refractivity (Wildman–Crippen MR) is 479 cm³/mol. The van der Waals surface area contributed by atoms with E-state index in [1.807, 2.05) is 6.92 Å². The van der Waals surface area contributed by atoms with Gasteiger partial charge in [-0.15, -0.1) is 0 Å². The molecule has 9 heteroatoms. The van der Waals surface area contributed by atoms with E-state index in [9.17, 15) is 23.8 Å². The van der Waals surface area contributed by atoms with Gasteiger partial charge in [-0.3, -0.25) is 8.88 Å². The van der Waals surface area contributed by atoms with Crippen LogP contribution in [0.4, 0.5) is 0 Å². The van der Waals surface area contributed by atoms with Crippen molar-refractivity contribution in [2.75, 3.05) is 6.61 Å². The molecule has 109 heavy (non-hydrogen) atoms. The van der Waals surface area contributed by atoms with E-state index in [4.69, 9.17) is 0 Å². The van der Waals surface area contributed by atoms with E-state index in [1.165, 1.54) is 138 Å². The lowest BCUT2D eigenvalue weighted by Crippen LogP contribution is -2.19. The van der Waals surface area contributed by atoms with E-state index in [2.05, 4.69) is 263 Å². The molecule has 0 N–H and O–H groups in total. The number of phosphoric ester groups is 1. The summed E-state index contributed by atoms with van der Waals surface area (Å²) in [5, 5.41) is 0. The third kappa shape index (κ3) is 70.9. The molecule has 0 rings (SSSR count). The van der Waals surface area contributed by atoms with E-state index >= 15 is 0 Å². The van der Waals surface area contributed by atoms with Crippen LogP contribution >= 0.6 is 15.6 Å². The molecule has 0 aromatic carbocycles. The lowest BCUT2D eigenvalue weighted by molar-refractivity contribution is -0.339. The molecule has 2 unspecified atom stereocenters. The average Bonchev–Trinajstić information content (AvgIpc) is 0.888. The van der Waals surface area contributed by atoms with Gasteiger partial charge in [0.15, 0.2) is 0 Å². The summed E-state index contributed by atoms with van der Waals surface area (Å²) in [5.74, 6) is 0.158. The van der Waals surface area contributed by atoms with Crippen LogP contribution in [0.5, 0.6) is 0 Å². The molecule has 0 bridgehead atoms. The van der Waals surface area contributed by atoms with E-state index in [1.54, 1.807) is 0 Å². The molecular weight excluding hydrogens is 1380 g/mol. The van der Waals surface area contributed by atoms with Crippen LogP contribution in [0.15, 0.2) is 221 Å². The fraction of sp³-hybridized carbons (Fsp3) is 0.620. The quantitative estimate of drug-likeness (QED) is 0.0439. The first-order chi connectivity index (χ1) is 51.6. The van der Waals surface area contributed by atoms with Crippen LogP contribution in [0.1, 0.15) is 396 Å². The number of hydrogen-bond acceptors (Lipinski definition) is 7. The molecule has 0 aliphatic heterocycles. The second-order valence-electron chi connectivity index (χ2n) is 33.2. The highest BCUT2D eigenvalue weighted by Crippen LogP contribution is 2.50. The molecular formula is C100H163O7P2-3. The Bertz CT molecular complexity index is 3280. The van der Waals surface area contributed by atoms with Crippen molar-refractivity contribution in [2.45, 2.75) is 396 Å². The average molecular weight is 1540 g/mol. The minimum atomic E-state index is -5.66. The van der Waals surface area contributed by atoms with Crippen molar-refractivity contribution in [2.24, 2.45) is 5.92 Å². The number of rotatable bonds is 63. The van der Waals surface area contributed by atoms with Crippen molar-refractivity contribution in [3.63, 3.8) is 0 Å². The minimum absolute atomic E-state index is 0.158. The number of allylic oxidation sites excluding steroid dienone is 38. The molecule has 0 radical (unpaired) electrons. The van der Waals surface area contributed by atoms with Crippen LogP contribution in [-0.2, 0) is 18.0 Å². The first-order valence-corrected chi connectivity index (χ1v) is 45.7. The summed E-state index contributed by atoms with van der Waals surface area (Å²) in [6, 6.07) is 0. The molecule has 0 heterocycles. The third-order valence-electron chi connectivity index (χ3n) is 20.8. The highest BCUT2D eigenvalue weighted by atomic mass is 31.3. The fourth-order valence-electron chi connectivity index (χ4n) is 13.0. The van der Waals surface area contributed by atoms with Crippen molar-refractivity contribution in [1.29, 1.82) is 0 Å². The standard InChI is InChI=1S/C100H166O7P2/c1-81(2)41-22-42-82(3)43-23-44-83(4)45-24-46-84(5)47-25-48-85(6)49-26-50-86(7)51-27-52-87(8)53-28-54-88(9)55-29-56-89(10)57-30-58-90(11)59-31-60-91(12)61-32-62-92(13)63-33-64-93(14)65-34-66-94(15)67-35-68-95(16)69-36-70-96(17)71-37-72-97(18)73-38-74-98(19)75-39-76-99(20)77-40-78-100(21)79-80-106-109(104,105)107-108(101,102)103/h41,43,45,47,49,51,53,55,57,59,61,63,65,67,69,71,73,75,77,100H,22-40,42,44,46,48,50,52,54,56,58,60,62,64,66,68,70,72,74,76,78-80H2,1-21H3,(H,104,105)(H2,101,102,103)/p-3/b82-43+,83-45+,84-47-,85-49-,86-51-,87-53-,88-55-,89-57-,90-59-,91-61-,92-63-,93-65-,94-67-,95-69-,96-71-,97-73-,98-75-,99-77-. The van der Waals surface area contributed by atoms with Gasteiger partial charge in [0.05, 0.1) is 14.4 Å². The Hall–Kier alpha value is -4.68. The van der Waals surface area contributed by atoms with Gasteiger partial charge in [0.1, 0.15) is 0 Å². The molecule has 0 amide bonds. The minimum Gasteiger partial charge on any atom is -0.790 e. The van der Waals surface area contributed by atoms with Gasteiger partial charge in [0, 0.05) is 0 Å². The zero-order valence-electron chi connectivity index (χ0n) is 74.1. The maximum absolute atomic E-state index is 11.4. The van der Waals surface area contributed by atoms with Crippen LogP contribution in [0, 0.1) is 5.92 Å². The number of hydrogen-bond donors (Lipinski definition) is 0. The fourth-order valence-corrected chi connectivity index (χ4v) is 14.5. The van der Waals surface area contributed by atoms with Crippen molar-refractivity contribution in [3.8, 4) is 0 Å². The molecule has 0 aliphatic rings. The molecule has 0 aromatic heterocycles. The topological polar surface area (TPSA) is 122 Å². The van der Waals surface area contributed by atoms with Crippen LogP contribution in [0.2, 0.25) is 0 Å². The summed E-state index contributed by atoms with van der Waals surface area (Å²) in [4.78, 5) is 32.5. The Labute approximate surface area is 673 Å². The zero-order valence-corrected chi connectivity index (χ0v) is 75.9. The summed E-state index contributed by atoms with van der Waals surface area (Å²) < 4.78 is 30.0. The van der Waals surface area contributed by atoms with Crippen molar-refractivity contribution in [3.05, 3.63) is 221 Å². The van der Waals surface area contributed by atoms with Crippen molar-refractivity contribution < 1.29 is 32.6 Å². The van der Waals surface area contributed by atoms with Crippen LogP contribution < -0.4 is 14.7 Å². The van der Waals surface area contributed by atoms with Crippen molar-refractivity contribution in [1.82, 2.24) is 0 Å². The van der Waals surface area contributed by atoms with Gasteiger partial charge >= 0.3 is 0 Å². The molecule has 0 fully saturated rings. The Morgan fingerprint density at radius 2 is 0.367 bits per heavy atom. The zero-order chi connectivity index (χ0) is 81.7. The summed E-state index contributed by atoms with van der Waals surface area (Å²) >= 11 is 0. The monoisotopic (exact) mass is 1540 g/mol. The lowest BCUT2D eigenvalue weighted by Gasteiger charge is -2.35. The van der Waals surface area contributed by atoms with Gasteiger partial charge in [-0.05, 0) is 395 Å². The van der Waals surface area contributed by atoms with Crippen LogP contribution in [0.3, 0.4) is 0 Å². The molecule has 0 aliphatic carbocycles. The predicted octanol–water partition coefficient (Wildman–Crippen LogP) is 32.2. The highest BCUT2D eigenvalue weighted by Gasteiger charge is 2.13. The first kappa shape index (κ1) is 104. The molecule has 0 saturated carbocycles. The number of phosphoric acid groups is 2. The van der Waals surface area contributed by atoms with Crippen molar-refractivity contribution >= 4 is 15.6 Å². The van der Waals surface area contributed by atoms with Gasteiger partial charge in [-0.1, -0.05) is 228 Å². The van der Waals surface area contributed by atoms with E-state index in [0.29, 0.717) is 6.42 Å². The van der Waals surface area contributed by atoms with Gasteiger partial charge in [-0.25, -0.2) is 0 Å². The molecule has 0 spiro atoms. The molecule has 0 aromatic rings. The summed E-state index contributed by atoms with van der Waals surface area (Å²) in [5.41, 5.74) is 28.4. The first-order valence-electron chi connectivity index (χ1n) is 42.7.